The van der Waals surface area contributed by atoms with Crippen molar-refractivity contribution in [3.8, 4) is 0 Å². The number of aliphatic hydroxyl groups excluding tert-OH is 1. The maximum absolute atomic E-state index is 11.0. The molecule has 1 aromatic carbocycles. The maximum Gasteiger partial charge on any atom is 0.135 e. The molecule has 0 aliphatic carbocycles. The highest BCUT2D eigenvalue weighted by Crippen LogP contribution is 2.21. The lowest BCUT2D eigenvalue weighted by Crippen LogP contribution is -2.16. The highest BCUT2D eigenvalue weighted by molar-refractivity contribution is 5.78. The number of hydrogen-bond acceptors (Lipinski definition) is 2. The first-order chi connectivity index (χ1) is 6.13. The molecule has 0 aliphatic rings. The minimum atomic E-state index is -0.682. The zero-order chi connectivity index (χ0) is 9.84. The van der Waals surface area contributed by atoms with Gasteiger partial charge in [0.2, 0.25) is 0 Å². The van der Waals surface area contributed by atoms with Crippen molar-refractivity contribution in [3.05, 3.63) is 35.9 Å². The largest absolute Gasteiger partial charge is 0.388 e. The predicted molar refractivity (Wildman–Crippen MR) is 51.2 cm³/mol. The number of carbonyl (C=O) groups excluding carboxylic acids is 1. The van der Waals surface area contributed by atoms with Crippen LogP contribution in [0.4, 0.5) is 0 Å². The minimum Gasteiger partial charge on any atom is -0.388 e. The van der Waals surface area contributed by atoms with Crippen LogP contribution < -0.4 is 0 Å². The predicted octanol–water partition coefficient (Wildman–Crippen LogP) is 1.95. The SMILES string of the molecule is CC(=O)C(C)C(O)c1ccccc1. The van der Waals surface area contributed by atoms with E-state index in [0.717, 1.165) is 5.56 Å². The molecule has 1 N–H and O–H groups in total. The molecule has 0 fully saturated rings. The molecule has 0 radical (unpaired) electrons. The number of rotatable bonds is 3. The summed E-state index contributed by atoms with van der Waals surface area (Å²) in [5.41, 5.74) is 0.796. The molecule has 2 atom stereocenters. The van der Waals surface area contributed by atoms with Gasteiger partial charge in [-0.15, -0.1) is 0 Å². The average Bonchev–Trinajstić information content (AvgIpc) is 2.17. The molecule has 2 unspecified atom stereocenters. The molecule has 13 heavy (non-hydrogen) atoms. The van der Waals surface area contributed by atoms with Crippen LogP contribution in [0.25, 0.3) is 0 Å². The molecule has 0 amide bonds. The van der Waals surface area contributed by atoms with Crippen LogP contribution >= 0.6 is 0 Å². The third-order valence-electron chi connectivity index (χ3n) is 2.26. The monoisotopic (exact) mass is 178 g/mol. The van der Waals surface area contributed by atoms with Gasteiger partial charge < -0.3 is 5.11 Å². The Morgan fingerprint density at radius 3 is 2.31 bits per heavy atom. The lowest BCUT2D eigenvalue weighted by atomic mass is 9.95. The lowest BCUT2D eigenvalue weighted by Gasteiger charge is -2.15. The third-order valence-corrected chi connectivity index (χ3v) is 2.26. The Labute approximate surface area is 78.2 Å². The fraction of sp³-hybridized carbons (Fsp3) is 0.364. The minimum absolute atomic E-state index is 0.0105. The summed E-state index contributed by atoms with van der Waals surface area (Å²) in [7, 11) is 0. The second-order valence-electron chi connectivity index (χ2n) is 3.25. The molecule has 0 heterocycles. The number of carbonyl (C=O) groups is 1. The fourth-order valence-electron chi connectivity index (χ4n) is 1.16. The zero-order valence-corrected chi connectivity index (χ0v) is 7.90. The Balaban J connectivity index is 2.79. The molecule has 70 valence electrons. The van der Waals surface area contributed by atoms with Gasteiger partial charge in [0.05, 0.1) is 6.10 Å². The van der Waals surface area contributed by atoms with E-state index in [1.165, 1.54) is 6.92 Å². The molecule has 0 aromatic heterocycles. The van der Waals surface area contributed by atoms with Crippen LogP contribution in [-0.2, 0) is 4.79 Å². The molecule has 0 aliphatic heterocycles. The molecule has 2 nitrogen and oxygen atoms in total. The van der Waals surface area contributed by atoms with E-state index in [1.807, 2.05) is 30.3 Å². The first-order valence-corrected chi connectivity index (χ1v) is 4.36. The van der Waals surface area contributed by atoms with Crippen LogP contribution in [0.1, 0.15) is 25.5 Å². The molecule has 0 spiro atoms. The van der Waals surface area contributed by atoms with Crippen molar-refractivity contribution in [1.82, 2.24) is 0 Å². The summed E-state index contributed by atoms with van der Waals surface area (Å²) in [5, 5.41) is 9.74. The highest BCUT2D eigenvalue weighted by Gasteiger charge is 2.19. The van der Waals surface area contributed by atoms with Gasteiger partial charge in [0, 0.05) is 5.92 Å². The maximum atomic E-state index is 11.0. The van der Waals surface area contributed by atoms with Crippen molar-refractivity contribution in [2.75, 3.05) is 0 Å². The number of benzene rings is 1. The number of Topliss-reactive ketones (excluding diaryl/α,β-unsaturated/α-hetero) is 1. The molecular weight excluding hydrogens is 164 g/mol. The first-order valence-electron chi connectivity index (χ1n) is 4.36. The van der Waals surface area contributed by atoms with Gasteiger partial charge in [0.25, 0.3) is 0 Å². The van der Waals surface area contributed by atoms with Crippen molar-refractivity contribution < 1.29 is 9.90 Å². The van der Waals surface area contributed by atoms with E-state index in [0.29, 0.717) is 0 Å². The van der Waals surface area contributed by atoms with E-state index in [-0.39, 0.29) is 11.7 Å². The van der Waals surface area contributed by atoms with Gasteiger partial charge in [-0.05, 0) is 12.5 Å². The van der Waals surface area contributed by atoms with E-state index >= 15 is 0 Å². The molecule has 0 saturated heterocycles. The quantitative estimate of drug-likeness (QED) is 0.768. The van der Waals surface area contributed by atoms with Crippen LogP contribution in [0.5, 0.6) is 0 Å². The van der Waals surface area contributed by atoms with Crippen LogP contribution in [0.3, 0.4) is 0 Å². The van der Waals surface area contributed by atoms with Crippen LogP contribution in [0, 0.1) is 5.92 Å². The van der Waals surface area contributed by atoms with Crippen molar-refractivity contribution in [2.24, 2.45) is 5.92 Å². The van der Waals surface area contributed by atoms with Crippen molar-refractivity contribution in [2.45, 2.75) is 20.0 Å². The Morgan fingerprint density at radius 2 is 1.85 bits per heavy atom. The Hall–Kier alpha value is -1.15. The van der Waals surface area contributed by atoms with Gasteiger partial charge in [-0.3, -0.25) is 4.79 Å². The van der Waals surface area contributed by atoms with E-state index in [1.54, 1.807) is 6.92 Å². The van der Waals surface area contributed by atoms with E-state index in [4.69, 9.17) is 0 Å². The highest BCUT2D eigenvalue weighted by atomic mass is 16.3. The Morgan fingerprint density at radius 1 is 1.31 bits per heavy atom. The summed E-state index contributed by atoms with van der Waals surface area (Å²) in [5.74, 6) is -0.321. The van der Waals surface area contributed by atoms with Crippen LogP contribution in [0.15, 0.2) is 30.3 Å². The standard InChI is InChI=1S/C11H14O2/c1-8(9(2)12)11(13)10-6-4-3-5-7-10/h3-8,11,13H,1-2H3. The summed E-state index contributed by atoms with van der Waals surface area (Å²) < 4.78 is 0. The van der Waals surface area contributed by atoms with Crippen molar-refractivity contribution >= 4 is 5.78 Å². The van der Waals surface area contributed by atoms with E-state index < -0.39 is 6.10 Å². The molecular formula is C11H14O2. The smallest absolute Gasteiger partial charge is 0.135 e. The average molecular weight is 178 g/mol. The fourth-order valence-corrected chi connectivity index (χ4v) is 1.16. The van der Waals surface area contributed by atoms with Gasteiger partial charge in [-0.1, -0.05) is 37.3 Å². The third kappa shape index (κ3) is 2.39. The topological polar surface area (TPSA) is 37.3 Å². The number of aliphatic hydroxyl groups is 1. The zero-order valence-electron chi connectivity index (χ0n) is 7.90. The second kappa shape index (κ2) is 4.19. The molecule has 1 rings (SSSR count). The van der Waals surface area contributed by atoms with Gasteiger partial charge >= 0.3 is 0 Å². The molecule has 1 aromatic rings. The summed E-state index contributed by atoms with van der Waals surface area (Å²) in [6, 6.07) is 9.24. The van der Waals surface area contributed by atoms with Crippen molar-refractivity contribution in [3.63, 3.8) is 0 Å². The Kier molecular flexibility index (Phi) is 3.20. The molecule has 0 bridgehead atoms. The Bertz CT molecular complexity index is 279. The first kappa shape index (κ1) is 9.93. The molecule has 0 saturated carbocycles. The summed E-state index contributed by atoms with van der Waals surface area (Å²) in [6.45, 7) is 3.23. The van der Waals surface area contributed by atoms with E-state index in [2.05, 4.69) is 0 Å². The van der Waals surface area contributed by atoms with Crippen LogP contribution in [-0.4, -0.2) is 10.9 Å². The number of ketones is 1. The summed E-state index contributed by atoms with van der Waals surface area (Å²) in [4.78, 5) is 11.0. The van der Waals surface area contributed by atoms with E-state index in [9.17, 15) is 9.90 Å². The summed E-state index contributed by atoms with van der Waals surface area (Å²) in [6.07, 6.45) is -0.682. The van der Waals surface area contributed by atoms with Gasteiger partial charge in [0.1, 0.15) is 5.78 Å². The van der Waals surface area contributed by atoms with Gasteiger partial charge in [-0.25, -0.2) is 0 Å². The normalized spacial score (nSPS) is 15.0. The second-order valence-corrected chi connectivity index (χ2v) is 3.25. The van der Waals surface area contributed by atoms with Crippen molar-refractivity contribution in [1.29, 1.82) is 0 Å². The lowest BCUT2D eigenvalue weighted by molar-refractivity contribution is -0.123. The summed E-state index contributed by atoms with van der Waals surface area (Å²) >= 11 is 0. The number of hydrogen-bond donors (Lipinski definition) is 1. The van der Waals surface area contributed by atoms with Gasteiger partial charge in [0.15, 0.2) is 0 Å². The van der Waals surface area contributed by atoms with Crippen LogP contribution in [0.2, 0.25) is 0 Å². The molecule has 2 heteroatoms. The van der Waals surface area contributed by atoms with Gasteiger partial charge in [-0.2, -0.15) is 0 Å².